The van der Waals surface area contributed by atoms with Gasteiger partial charge in [-0.25, -0.2) is 0 Å². The van der Waals surface area contributed by atoms with E-state index in [2.05, 4.69) is 33.3 Å². The lowest BCUT2D eigenvalue weighted by atomic mass is 10.1. The maximum atomic E-state index is 4.23. The van der Waals surface area contributed by atoms with Gasteiger partial charge in [0.2, 0.25) is 0 Å². The molecule has 2 aromatic rings. The molecule has 1 aliphatic rings. The molecule has 0 amide bonds. The van der Waals surface area contributed by atoms with E-state index in [0.717, 1.165) is 13.1 Å². The summed E-state index contributed by atoms with van der Waals surface area (Å²) in [5.74, 6) is 0. The molecule has 5 nitrogen and oxygen atoms in total. The summed E-state index contributed by atoms with van der Waals surface area (Å²) in [7, 11) is 1.96. The highest BCUT2D eigenvalue weighted by Gasteiger charge is 2.28. The van der Waals surface area contributed by atoms with Crippen molar-refractivity contribution in [2.45, 2.75) is 32.4 Å². The zero-order valence-corrected chi connectivity index (χ0v) is 10.9. The number of aromatic amines is 1. The van der Waals surface area contributed by atoms with E-state index in [1.807, 2.05) is 24.1 Å². The zero-order chi connectivity index (χ0) is 12.5. The predicted molar refractivity (Wildman–Crippen MR) is 68.9 cm³/mol. The number of hydrogen-bond donors (Lipinski definition) is 1. The lowest BCUT2D eigenvalue weighted by Crippen LogP contribution is -2.23. The normalized spacial score (nSPS) is 20.7. The van der Waals surface area contributed by atoms with Crippen molar-refractivity contribution in [1.29, 1.82) is 0 Å². The van der Waals surface area contributed by atoms with Crippen molar-refractivity contribution in [2.75, 3.05) is 6.54 Å². The van der Waals surface area contributed by atoms with Gasteiger partial charge in [-0.1, -0.05) is 0 Å². The third-order valence-corrected chi connectivity index (χ3v) is 3.71. The Morgan fingerprint density at radius 2 is 2.33 bits per heavy atom. The molecule has 0 spiro atoms. The van der Waals surface area contributed by atoms with Crippen molar-refractivity contribution in [2.24, 2.45) is 7.05 Å². The molecule has 0 unspecified atom stereocenters. The van der Waals surface area contributed by atoms with E-state index >= 15 is 0 Å². The van der Waals surface area contributed by atoms with Crippen molar-refractivity contribution >= 4 is 0 Å². The molecule has 1 aliphatic heterocycles. The SMILES string of the molecule is Cc1cn[nH]c1[C@@H]1CCCN1Cc1cnn(C)c1. The van der Waals surface area contributed by atoms with Gasteiger partial charge in [0.25, 0.3) is 0 Å². The minimum atomic E-state index is 0.479. The largest absolute Gasteiger partial charge is 0.290 e. The fourth-order valence-corrected chi connectivity index (χ4v) is 2.82. The average Bonchev–Trinajstić information content (AvgIpc) is 3.02. The number of aromatic nitrogens is 4. The molecule has 0 aliphatic carbocycles. The molecule has 5 heteroatoms. The second kappa shape index (κ2) is 4.57. The van der Waals surface area contributed by atoms with E-state index in [1.165, 1.54) is 29.7 Å². The van der Waals surface area contributed by atoms with Gasteiger partial charge >= 0.3 is 0 Å². The molecule has 18 heavy (non-hydrogen) atoms. The Labute approximate surface area is 107 Å². The van der Waals surface area contributed by atoms with Gasteiger partial charge in [0, 0.05) is 25.4 Å². The van der Waals surface area contributed by atoms with Gasteiger partial charge in [-0.15, -0.1) is 0 Å². The molecule has 0 bridgehead atoms. The van der Waals surface area contributed by atoms with Gasteiger partial charge in [0.15, 0.2) is 0 Å². The first-order valence-corrected chi connectivity index (χ1v) is 6.45. The predicted octanol–water partition coefficient (Wildman–Crippen LogP) is 1.79. The third-order valence-electron chi connectivity index (χ3n) is 3.71. The van der Waals surface area contributed by atoms with Crippen LogP contribution in [0.2, 0.25) is 0 Å². The highest BCUT2D eigenvalue weighted by atomic mass is 15.3. The van der Waals surface area contributed by atoms with Crippen molar-refractivity contribution in [3.05, 3.63) is 35.4 Å². The molecule has 96 valence electrons. The third kappa shape index (κ3) is 2.06. The molecule has 0 aromatic carbocycles. The lowest BCUT2D eigenvalue weighted by molar-refractivity contribution is 0.243. The minimum absolute atomic E-state index is 0.479. The number of hydrogen-bond acceptors (Lipinski definition) is 3. The van der Waals surface area contributed by atoms with Gasteiger partial charge in [-0.05, 0) is 31.9 Å². The van der Waals surface area contributed by atoms with Crippen molar-refractivity contribution in [3.63, 3.8) is 0 Å². The summed E-state index contributed by atoms with van der Waals surface area (Å²) in [5, 5.41) is 11.5. The fourth-order valence-electron chi connectivity index (χ4n) is 2.82. The summed E-state index contributed by atoms with van der Waals surface area (Å²) >= 11 is 0. The lowest BCUT2D eigenvalue weighted by Gasteiger charge is -2.23. The van der Waals surface area contributed by atoms with Crippen LogP contribution in [0.15, 0.2) is 18.6 Å². The second-order valence-corrected chi connectivity index (χ2v) is 5.12. The van der Waals surface area contributed by atoms with Crippen LogP contribution in [0.3, 0.4) is 0 Å². The van der Waals surface area contributed by atoms with Gasteiger partial charge in [0.05, 0.1) is 24.1 Å². The van der Waals surface area contributed by atoms with Crippen LogP contribution in [0.5, 0.6) is 0 Å². The van der Waals surface area contributed by atoms with E-state index in [9.17, 15) is 0 Å². The highest BCUT2D eigenvalue weighted by Crippen LogP contribution is 2.33. The van der Waals surface area contributed by atoms with Crippen LogP contribution in [0.25, 0.3) is 0 Å². The molecule has 1 N–H and O–H groups in total. The smallest absolute Gasteiger partial charge is 0.0553 e. The summed E-state index contributed by atoms with van der Waals surface area (Å²) in [5.41, 5.74) is 3.82. The van der Waals surface area contributed by atoms with Crippen molar-refractivity contribution in [1.82, 2.24) is 24.9 Å². The zero-order valence-electron chi connectivity index (χ0n) is 10.9. The maximum absolute atomic E-state index is 4.23. The van der Waals surface area contributed by atoms with Crippen LogP contribution in [0, 0.1) is 6.92 Å². The van der Waals surface area contributed by atoms with E-state index in [4.69, 9.17) is 0 Å². The summed E-state index contributed by atoms with van der Waals surface area (Å²) in [4.78, 5) is 2.51. The van der Waals surface area contributed by atoms with Gasteiger partial charge < -0.3 is 0 Å². The first-order valence-electron chi connectivity index (χ1n) is 6.45. The van der Waals surface area contributed by atoms with E-state index in [1.54, 1.807) is 0 Å². The Balaban J connectivity index is 1.77. The van der Waals surface area contributed by atoms with Crippen LogP contribution >= 0.6 is 0 Å². The number of rotatable bonds is 3. The monoisotopic (exact) mass is 245 g/mol. The minimum Gasteiger partial charge on any atom is -0.290 e. The summed E-state index contributed by atoms with van der Waals surface area (Å²) in [6.45, 7) is 4.24. The summed E-state index contributed by atoms with van der Waals surface area (Å²) in [6.07, 6.45) is 8.42. The maximum Gasteiger partial charge on any atom is 0.0553 e. The molecule has 3 rings (SSSR count). The van der Waals surface area contributed by atoms with Crippen LogP contribution in [0.1, 0.15) is 35.7 Å². The van der Waals surface area contributed by atoms with E-state index in [0.29, 0.717) is 6.04 Å². The van der Waals surface area contributed by atoms with Gasteiger partial charge in [-0.2, -0.15) is 10.2 Å². The summed E-state index contributed by atoms with van der Waals surface area (Å²) < 4.78 is 1.86. The first-order chi connectivity index (χ1) is 8.74. The van der Waals surface area contributed by atoms with Crippen LogP contribution in [0.4, 0.5) is 0 Å². The number of nitrogens with one attached hydrogen (secondary N) is 1. The Hall–Kier alpha value is -1.62. The molecule has 1 saturated heterocycles. The van der Waals surface area contributed by atoms with E-state index < -0.39 is 0 Å². The Bertz CT molecular complexity index is 527. The van der Waals surface area contributed by atoms with Crippen LogP contribution in [-0.2, 0) is 13.6 Å². The Morgan fingerprint density at radius 3 is 3.00 bits per heavy atom. The number of H-pyrrole nitrogens is 1. The fraction of sp³-hybridized carbons (Fsp3) is 0.538. The molecule has 1 atom stereocenters. The molecule has 0 saturated carbocycles. The standard InChI is InChI=1S/C13H19N5/c1-10-6-14-16-13(10)12-4-3-5-18(12)9-11-7-15-17(2)8-11/h6-8,12H,3-5,9H2,1-2H3,(H,14,16)/t12-/m0/s1. The Kier molecular flexibility index (Phi) is 2.91. The van der Waals surface area contributed by atoms with Crippen LogP contribution in [-0.4, -0.2) is 31.4 Å². The topological polar surface area (TPSA) is 49.7 Å². The number of aryl methyl sites for hydroxylation is 2. The number of nitrogens with zero attached hydrogens (tertiary/aromatic N) is 4. The molecular weight excluding hydrogens is 226 g/mol. The highest BCUT2D eigenvalue weighted by molar-refractivity contribution is 5.19. The molecular formula is C13H19N5. The van der Waals surface area contributed by atoms with Crippen molar-refractivity contribution in [3.8, 4) is 0 Å². The molecule has 2 aromatic heterocycles. The first kappa shape index (κ1) is 11.5. The molecule has 3 heterocycles. The Morgan fingerprint density at radius 1 is 1.44 bits per heavy atom. The quantitative estimate of drug-likeness (QED) is 0.897. The second-order valence-electron chi connectivity index (χ2n) is 5.12. The van der Waals surface area contributed by atoms with E-state index in [-0.39, 0.29) is 0 Å². The molecule has 0 radical (unpaired) electrons. The summed E-state index contributed by atoms with van der Waals surface area (Å²) in [6, 6.07) is 0.479. The number of likely N-dealkylation sites (tertiary alicyclic amines) is 1. The van der Waals surface area contributed by atoms with Crippen molar-refractivity contribution < 1.29 is 0 Å². The van der Waals surface area contributed by atoms with Gasteiger partial charge in [0.1, 0.15) is 0 Å². The van der Waals surface area contributed by atoms with Gasteiger partial charge in [-0.3, -0.25) is 14.7 Å². The average molecular weight is 245 g/mol. The van der Waals surface area contributed by atoms with Crippen LogP contribution < -0.4 is 0 Å². The molecule has 1 fully saturated rings.